The number of carbonyl (C=O) groups is 2. The third-order valence-corrected chi connectivity index (χ3v) is 14.9. The summed E-state index contributed by atoms with van der Waals surface area (Å²) in [6.07, 6.45) is -3.93. The fourth-order valence-corrected chi connectivity index (χ4v) is 11.5. The lowest BCUT2D eigenvalue weighted by atomic mass is 9.41. The molecule has 14 nitrogen and oxygen atoms in total. The first kappa shape index (κ1) is 41.8. The maximum atomic E-state index is 13.7. The lowest BCUT2D eigenvalue weighted by Gasteiger charge is -2.68. The predicted octanol–water partition coefficient (Wildman–Crippen LogP) is 2.74. The van der Waals surface area contributed by atoms with E-state index in [9.17, 15) is 35.1 Å². The van der Waals surface area contributed by atoms with Crippen LogP contribution in [0, 0.1) is 16.7 Å². The summed E-state index contributed by atoms with van der Waals surface area (Å²) in [4.78, 5) is 26.8. The first-order chi connectivity index (χ1) is 26.4. The van der Waals surface area contributed by atoms with Crippen molar-refractivity contribution in [1.82, 2.24) is 0 Å². The molecular weight excluding hydrogens is 728 g/mol. The Balaban J connectivity index is 1.12. The molecule has 4 aliphatic carbocycles. The molecule has 312 valence electrons. The van der Waals surface area contributed by atoms with E-state index in [1.807, 2.05) is 19.9 Å². The minimum Gasteiger partial charge on any atom is -0.456 e. The summed E-state index contributed by atoms with van der Waals surface area (Å²) in [5.41, 5.74) is -7.98. The van der Waals surface area contributed by atoms with Crippen LogP contribution in [0.5, 0.6) is 0 Å². The molecule has 6 aliphatic rings. The monoisotopic (exact) mass is 788 g/mol. The normalized spacial score (nSPS) is 48.9. The van der Waals surface area contributed by atoms with Crippen molar-refractivity contribution >= 4 is 11.8 Å². The Kier molecular flexibility index (Phi) is 11.2. The second kappa shape index (κ2) is 15.0. The highest BCUT2D eigenvalue weighted by Gasteiger charge is 2.83. The van der Waals surface area contributed by atoms with Crippen LogP contribution in [0.2, 0.25) is 0 Å². The second-order valence-electron chi connectivity index (χ2n) is 17.6. The van der Waals surface area contributed by atoms with E-state index >= 15 is 0 Å². The zero-order valence-electron chi connectivity index (χ0n) is 33.5. The molecule has 0 amide bonds. The maximum Gasteiger partial charge on any atom is 0.338 e. The Morgan fingerprint density at radius 2 is 1.48 bits per heavy atom. The number of hydrogen-bond acceptors (Lipinski definition) is 14. The highest BCUT2D eigenvalue weighted by Crippen LogP contribution is 2.71. The lowest BCUT2D eigenvalue weighted by molar-refractivity contribution is -0.340. The molecule has 17 atom stereocenters. The average Bonchev–Trinajstić information content (AvgIpc) is 3.40. The molecule has 0 spiro atoms. The predicted molar refractivity (Wildman–Crippen MR) is 198 cm³/mol. The number of carbonyl (C=O) groups excluding carboxylic acids is 2. The molecule has 56 heavy (non-hydrogen) atoms. The van der Waals surface area contributed by atoms with Crippen LogP contribution in [0.1, 0.15) is 96.3 Å². The Labute approximate surface area is 328 Å². The van der Waals surface area contributed by atoms with Crippen molar-refractivity contribution in [2.24, 2.45) is 16.7 Å². The SMILES string of the molecule is CO[C@H]1C[C@H](O[C@@H]2[C@H](C)O[C@@H](O[C@H]3CC[C@@]4(C)C(=CC[C@]5(O)[C@H]4[C@H](OC(=O)c4ccccc4)[C@@H](O)[C@@]4(C)[C@]5(O)CC[C@@]4(O)C(C)=O)C3)C[C@@H]2OC)O[C@@H](C)[C@H]1O. The van der Waals surface area contributed by atoms with Crippen molar-refractivity contribution in [3.05, 3.63) is 47.5 Å². The molecule has 1 aromatic rings. The van der Waals surface area contributed by atoms with Crippen LogP contribution in [0.15, 0.2) is 42.0 Å². The summed E-state index contributed by atoms with van der Waals surface area (Å²) < 4.78 is 42.8. The molecule has 0 unspecified atom stereocenters. The van der Waals surface area contributed by atoms with E-state index in [4.69, 9.17) is 33.2 Å². The van der Waals surface area contributed by atoms with Gasteiger partial charge in [-0.15, -0.1) is 0 Å². The van der Waals surface area contributed by atoms with Crippen LogP contribution < -0.4 is 0 Å². The second-order valence-corrected chi connectivity index (χ2v) is 17.6. The summed E-state index contributed by atoms with van der Waals surface area (Å²) in [5, 5.41) is 60.3. The van der Waals surface area contributed by atoms with Gasteiger partial charge in [0.25, 0.3) is 0 Å². The van der Waals surface area contributed by atoms with Crippen LogP contribution in [-0.2, 0) is 38.0 Å². The molecule has 5 N–H and O–H groups in total. The summed E-state index contributed by atoms with van der Waals surface area (Å²) in [6, 6.07) is 8.31. The zero-order valence-corrected chi connectivity index (χ0v) is 33.5. The first-order valence-electron chi connectivity index (χ1n) is 20.1. The number of methoxy groups -OCH3 is 2. The number of esters is 1. The molecule has 2 aliphatic heterocycles. The van der Waals surface area contributed by atoms with Gasteiger partial charge in [-0.05, 0) is 76.8 Å². The van der Waals surface area contributed by atoms with Crippen LogP contribution in [0.3, 0.4) is 0 Å². The Morgan fingerprint density at radius 1 is 0.839 bits per heavy atom. The van der Waals surface area contributed by atoms with E-state index < -0.39 is 101 Å². The number of ketones is 1. The smallest absolute Gasteiger partial charge is 0.338 e. The number of aliphatic hydroxyl groups excluding tert-OH is 2. The fourth-order valence-electron chi connectivity index (χ4n) is 11.5. The number of ether oxygens (including phenoxy) is 7. The van der Waals surface area contributed by atoms with E-state index in [1.54, 1.807) is 51.5 Å². The molecule has 7 rings (SSSR count). The summed E-state index contributed by atoms with van der Waals surface area (Å²) >= 11 is 0. The van der Waals surface area contributed by atoms with Crippen molar-refractivity contribution in [2.45, 2.75) is 170 Å². The number of hydrogen-bond donors (Lipinski definition) is 5. The minimum atomic E-state index is -2.19. The van der Waals surface area contributed by atoms with Gasteiger partial charge in [0, 0.05) is 33.0 Å². The Hall–Kier alpha value is -2.34. The number of Topliss-reactive ketones (excluding diaryl/α,β-unsaturated/α-hetero) is 1. The topological polar surface area (TPSA) is 200 Å². The van der Waals surface area contributed by atoms with E-state index in [0.717, 1.165) is 5.57 Å². The molecule has 5 fully saturated rings. The van der Waals surface area contributed by atoms with Crippen LogP contribution in [0.4, 0.5) is 0 Å². The molecular formula is C42H60O14. The van der Waals surface area contributed by atoms with Gasteiger partial charge in [-0.3, -0.25) is 4.79 Å². The first-order valence-corrected chi connectivity index (χ1v) is 20.1. The Morgan fingerprint density at radius 3 is 2.14 bits per heavy atom. The van der Waals surface area contributed by atoms with Gasteiger partial charge in [-0.2, -0.15) is 0 Å². The molecule has 0 bridgehead atoms. The van der Waals surface area contributed by atoms with Gasteiger partial charge in [-0.25, -0.2) is 4.79 Å². The molecule has 14 heteroatoms. The third-order valence-electron chi connectivity index (χ3n) is 14.9. The van der Waals surface area contributed by atoms with Gasteiger partial charge in [0.1, 0.15) is 41.2 Å². The quantitative estimate of drug-likeness (QED) is 0.181. The molecule has 1 aromatic carbocycles. The molecule has 0 aromatic heterocycles. The van der Waals surface area contributed by atoms with Crippen molar-refractivity contribution in [1.29, 1.82) is 0 Å². The van der Waals surface area contributed by atoms with Gasteiger partial charge in [-0.1, -0.05) is 43.7 Å². The Bertz CT molecular complexity index is 1660. The minimum absolute atomic E-state index is 0.0635. The van der Waals surface area contributed by atoms with Crippen LogP contribution in [-0.4, -0.2) is 136 Å². The fraction of sp³-hybridized carbons (Fsp3) is 0.762. The highest BCUT2D eigenvalue weighted by molar-refractivity contribution is 5.90. The number of benzene rings is 1. The molecule has 2 saturated heterocycles. The van der Waals surface area contributed by atoms with Gasteiger partial charge < -0.3 is 58.7 Å². The van der Waals surface area contributed by atoms with Gasteiger partial charge >= 0.3 is 5.97 Å². The largest absolute Gasteiger partial charge is 0.456 e. The maximum absolute atomic E-state index is 13.7. The number of aliphatic hydroxyl groups is 5. The van der Waals surface area contributed by atoms with E-state index in [2.05, 4.69) is 0 Å². The zero-order chi connectivity index (χ0) is 40.6. The summed E-state index contributed by atoms with van der Waals surface area (Å²) in [7, 11) is 3.16. The summed E-state index contributed by atoms with van der Waals surface area (Å²) in [6.45, 7) is 8.26. The lowest BCUT2D eigenvalue weighted by Crippen LogP contribution is -2.82. The molecule has 2 heterocycles. The van der Waals surface area contributed by atoms with Gasteiger partial charge in [0.05, 0.1) is 41.5 Å². The van der Waals surface area contributed by atoms with Gasteiger partial charge in [0.15, 0.2) is 18.4 Å². The van der Waals surface area contributed by atoms with Crippen LogP contribution >= 0.6 is 0 Å². The standard InChI is InChI=1S/C42H60O14/c1-22-32(44)28(50-6)20-31(52-22)55-33-23(2)53-30(21-29(33)51-7)54-27-14-15-38(4)26(19-27)13-16-41(48)35(38)34(56-37(46)25-11-9-8-10-12-25)36(45)39(5)40(47,24(3)43)17-18-42(39,41)49/h8-13,22-23,27-36,44-45,47-49H,14-21H2,1-7H3/t22-,23-,27-,28-,29-,30-,31-,32+,33+,34-,35-,36+,38-,39+,40+,41-,42+/m0/s1. The average molecular weight is 789 g/mol. The van der Waals surface area contributed by atoms with Crippen molar-refractivity contribution in [3.63, 3.8) is 0 Å². The van der Waals surface area contributed by atoms with Crippen molar-refractivity contribution in [3.8, 4) is 0 Å². The van der Waals surface area contributed by atoms with Crippen molar-refractivity contribution < 1.29 is 68.3 Å². The number of fused-ring (bicyclic) bond motifs is 5. The molecule has 3 saturated carbocycles. The van der Waals surface area contributed by atoms with E-state index in [0.29, 0.717) is 32.1 Å². The highest BCUT2D eigenvalue weighted by atomic mass is 16.7. The van der Waals surface area contributed by atoms with E-state index in [-0.39, 0.29) is 37.0 Å². The molecule has 0 radical (unpaired) electrons. The van der Waals surface area contributed by atoms with E-state index in [1.165, 1.54) is 13.8 Å². The summed E-state index contributed by atoms with van der Waals surface area (Å²) in [5.74, 6) is -2.38. The van der Waals surface area contributed by atoms with Gasteiger partial charge in [0.2, 0.25) is 0 Å². The van der Waals surface area contributed by atoms with Crippen molar-refractivity contribution in [2.75, 3.05) is 14.2 Å². The number of rotatable bonds is 9. The van der Waals surface area contributed by atoms with Crippen LogP contribution in [0.25, 0.3) is 0 Å². The third kappa shape index (κ3) is 6.25.